The van der Waals surface area contributed by atoms with Crippen molar-refractivity contribution in [1.82, 2.24) is 10.2 Å². The zero-order chi connectivity index (χ0) is 15.9. The highest BCUT2D eigenvalue weighted by Crippen LogP contribution is 2.17. The topological polar surface area (TPSA) is 32.3 Å². The number of rotatable bonds is 4. The van der Waals surface area contributed by atoms with E-state index in [4.69, 9.17) is 0 Å². The second kappa shape index (κ2) is 8.47. The van der Waals surface area contributed by atoms with Gasteiger partial charge < -0.3 is 10.2 Å². The van der Waals surface area contributed by atoms with Gasteiger partial charge in [0.25, 0.3) is 0 Å². The number of amides is 2. The van der Waals surface area contributed by atoms with E-state index in [0.29, 0.717) is 5.92 Å². The first-order valence-electron chi connectivity index (χ1n) is 8.28. The van der Waals surface area contributed by atoms with Crippen molar-refractivity contribution >= 4 is 17.8 Å². The molecule has 0 spiro atoms. The number of carbonyl (C=O) groups excluding carboxylic acids is 1. The Morgan fingerprint density at radius 2 is 1.91 bits per heavy atom. The van der Waals surface area contributed by atoms with Gasteiger partial charge in [-0.3, -0.25) is 0 Å². The monoisotopic (exact) mass is 320 g/mol. The third kappa shape index (κ3) is 5.24. The first-order chi connectivity index (χ1) is 10.6. The van der Waals surface area contributed by atoms with Crippen LogP contribution in [0.4, 0.5) is 4.79 Å². The Bertz CT molecular complexity index is 464. The van der Waals surface area contributed by atoms with Crippen molar-refractivity contribution in [2.24, 2.45) is 5.92 Å². The largest absolute Gasteiger partial charge is 0.331 e. The van der Waals surface area contributed by atoms with E-state index < -0.39 is 0 Å². The second-order valence-corrected chi connectivity index (χ2v) is 7.69. The first-order valence-corrected chi connectivity index (χ1v) is 9.43. The predicted molar refractivity (Wildman–Crippen MR) is 95.4 cm³/mol. The van der Waals surface area contributed by atoms with Crippen LogP contribution in [0.15, 0.2) is 24.3 Å². The van der Waals surface area contributed by atoms with E-state index in [2.05, 4.69) is 50.4 Å². The summed E-state index contributed by atoms with van der Waals surface area (Å²) in [5.41, 5.74) is 2.53. The maximum Gasteiger partial charge on any atom is 0.317 e. The molecule has 1 aliphatic heterocycles. The summed E-state index contributed by atoms with van der Waals surface area (Å²) in [7, 11) is 0. The summed E-state index contributed by atoms with van der Waals surface area (Å²) < 4.78 is 0. The van der Waals surface area contributed by atoms with Crippen molar-refractivity contribution in [3.8, 4) is 0 Å². The van der Waals surface area contributed by atoms with Crippen LogP contribution in [0.2, 0.25) is 0 Å². The maximum atomic E-state index is 12.4. The molecule has 1 fully saturated rings. The van der Waals surface area contributed by atoms with Crippen molar-refractivity contribution in [2.75, 3.05) is 24.6 Å². The molecule has 2 amide bonds. The minimum absolute atomic E-state index is 0.0523. The normalized spacial score (nSPS) is 17.2. The van der Waals surface area contributed by atoms with E-state index >= 15 is 0 Å². The molecular formula is C18H28N2OS. The van der Waals surface area contributed by atoms with Gasteiger partial charge in [0.2, 0.25) is 0 Å². The van der Waals surface area contributed by atoms with Crippen LogP contribution in [-0.2, 0) is 6.42 Å². The third-order valence-corrected chi connectivity index (χ3v) is 5.02. The van der Waals surface area contributed by atoms with Gasteiger partial charge in [-0.2, -0.15) is 11.8 Å². The number of nitrogens with one attached hydrogen (secondary N) is 1. The summed E-state index contributed by atoms with van der Waals surface area (Å²) in [4.78, 5) is 14.3. The number of benzene rings is 1. The molecule has 0 aromatic heterocycles. The molecule has 22 heavy (non-hydrogen) atoms. The van der Waals surface area contributed by atoms with E-state index in [1.807, 2.05) is 16.7 Å². The number of nitrogens with zero attached hydrogens (tertiary/aromatic N) is 1. The molecular weight excluding hydrogens is 292 g/mol. The summed E-state index contributed by atoms with van der Waals surface area (Å²) in [6, 6.07) is 8.76. The van der Waals surface area contributed by atoms with Crippen LogP contribution in [0.1, 0.15) is 44.4 Å². The average Bonchev–Trinajstić information content (AvgIpc) is 2.76. The lowest BCUT2D eigenvalue weighted by Gasteiger charge is -2.23. The fraction of sp³-hybridized carbons (Fsp3) is 0.611. The van der Waals surface area contributed by atoms with Crippen LogP contribution in [0.5, 0.6) is 0 Å². The highest BCUT2D eigenvalue weighted by molar-refractivity contribution is 7.99. The molecule has 0 saturated carbocycles. The number of carbonyl (C=O) groups is 1. The maximum absolute atomic E-state index is 12.4. The lowest BCUT2D eigenvalue weighted by atomic mass is 10.00. The van der Waals surface area contributed by atoms with Crippen LogP contribution in [0.25, 0.3) is 0 Å². The first kappa shape index (κ1) is 17.2. The summed E-state index contributed by atoms with van der Waals surface area (Å²) in [6.07, 6.45) is 2.20. The Morgan fingerprint density at radius 1 is 1.18 bits per heavy atom. The number of thioether (sulfide) groups is 1. The highest BCUT2D eigenvalue weighted by Gasteiger charge is 2.17. The SMILES string of the molecule is CC(C)Cc1ccc(C(C)NC(=O)N2CCCSCC2)cc1. The molecule has 1 unspecified atom stereocenters. The lowest BCUT2D eigenvalue weighted by Crippen LogP contribution is -2.42. The molecule has 2 rings (SSSR count). The molecule has 1 N–H and O–H groups in total. The number of urea groups is 1. The number of hydrogen-bond acceptors (Lipinski definition) is 2. The molecule has 1 heterocycles. The van der Waals surface area contributed by atoms with Crippen LogP contribution >= 0.6 is 11.8 Å². The molecule has 1 aromatic rings. The fourth-order valence-corrected chi connectivity index (χ4v) is 3.61. The molecule has 0 radical (unpaired) electrons. The smallest absolute Gasteiger partial charge is 0.317 e. The second-order valence-electron chi connectivity index (χ2n) is 6.46. The summed E-state index contributed by atoms with van der Waals surface area (Å²) >= 11 is 1.94. The standard InChI is InChI=1S/C18H28N2OS/c1-14(2)13-16-5-7-17(8-6-16)15(3)19-18(21)20-9-4-11-22-12-10-20/h5-8,14-15H,4,9-13H2,1-3H3,(H,19,21). The van der Waals surface area contributed by atoms with Crippen molar-refractivity contribution in [2.45, 2.75) is 39.7 Å². The minimum atomic E-state index is 0.0523. The molecule has 1 aromatic carbocycles. The van der Waals surface area contributed by atoms with E-state index in [9.17, 15) is 4.79 Å². The molecule has 122 valence electrons. The Hall–Kier alpha value is -1.16. The van der Waals surface area contributed by atoms with Crippen LogP contribution < -0.4 is 5.32 Å². The predicted octanol–water partition coefficient (Wildman–Crippen LogP) is 4.09. The van der Waals surface area contributed by atoms with Gasteiger partial charge in [-0.15, -0.1) is 0 Å². The average molecular weight is 321 g/mol. The Balaban J connectivity index is 1.90. The molecule has 1 aliphatic rings. The van der Waals surface area contributed by atoms with Crippen molar-refractivity contribution in [1.29, 1.82) is 0 Å². The zero-order valence-electron chi connectivity index (χ0n) is 14.0. The van der Waals surface area contributed by atoms with Crippen LogP contribution in [0, 0.1) is 5.92 Å². The Morgan fingerprint density at radius 3 is 2.59 bits per heavy atom. The van der Waals surface area contributed by atoms with Gasteiger partial charge in [0, 0.05) is 18.8 Å². The summed E-state index contributed by atoms with van der Waals surface area (Å²) in [5.74, 6) is 2.88. The molecule has 0 bridgehead atoms. The van der Waals surface area contributed by atoms with E-state index in [0.717, 1.165) is 37.4 Å². The molecule has 4 heteroatoms. The lowest BCUT2D eigenvalue weighted by molar-refractivity contribution is 0.198. The van der Waals surface area contributed by atoms with Crippen molar-refractivity contribution in [3.63, 3.8) is 0 Å². The van der Waals surface area contributed by atoms with E-state index in [1.165, 1.54) is 11.1 Å². The zero-order valence-corrected chi connectivity index (χ0v) is 14.8. The van der Waals surface area contributed by atoms with Crippen molar-refractivity contribution in [3.05, 3.63) is 35.4 Å². The van der Waals surface area contributed by atoms with Gasteiger partial charge in [-0.25, -0.2) is 4.79 Å². The summed E-state index contributed by atoms with van der Waals surface area (Å²) in [6.45, 7) is 8.25. The fourth-order valence-electron chi connectivity index (χ4n) is 2.72. The number of hydrogen-bond donors (Lipinski definition) is 1. The van der Waals surface area contributed by atoms with Crippen LogP contribution in [0.3, 0.4) is 0 Å². The van der Waals surface area contributed by atoms with E-state index in [-0.39, 0.29) is 12.1 Å². The Kier molecular flexibility index (Phi) is 6.62. The van der Waals surface area contributed by atoms with E-state index in [1.54, 1.807) is 0 Å². The Labute approximate surface area is 138 Å². The molecule has 1 atom stereocenters. The van der Waals surface area contributed by atoms with Gasteiger partial charge in [-0.05, 0) is 42.6 Å². The van der Waals surface area contributed by atoms with Crippen LogP contribution in [-0.4, -0.2) is 35.5 Å². The minimum Gasteiger partial charge on any atom is -0.331 e. The summed E-state index contributed by atoms with van der Waals surface area (Å²) in [5, 5.41) is 3.13. The third-order valence-electron chi connectivity index (χ3n) is 3.97. The van der Waals surface area contributed by atoms with Gasteiger partial charge in [0.15, 0.2) is 0 Å². The van der Waals surface area contributed by atoms with Gasteiger partial charge in [-0.1, -0.05) is 38.1 Å². The van der Waals surface area contributed by atoms with Gasteiger partial charge in [0.1, 0.15) is 0 Å². The van der Waals surface area contributed by atoms with Gasteiger partial charge >= 0.3 is 6.03 Å². The quantitative estimate of drug-likeness (QED) is 0.906. The molecule has 3 nitrogen and oxygen atoms in total. The molecule has 0 aliphatic carbocycles. The van der Waals surface area contributed by atoms with Crippen molar-refractivity contribution < 1.29 is 4.79 Å². The highest BCUT2D eigenvalue weighted by atomic mass is 32.2. The molecule has 1 saturated heterocycles. The van der Waals surface area contributed by atoms with Gasteiger partial charge in [0.05, 0.1) is 6.04 Å².